The largest absolute Gasteiger partial charge is 3.00 e. The molecular formula is C39H63FeO12. The Morgan fingerprint density at radius 2 is 0.442 bits per heavy atom. The van der Waals surface area contributed by atoms with Crippen molar-refractivity contribution in [3.63, 3.8) is 0 Å². The molecule has 0 rings (SSSR count). The zero-order chi connectivity index (χ0) is 39.3. The number of aliphatic carboxylic acids is 3. The minimum Gasteiger partial charge on any atom is -0.550 e. The van der Waals surface area contributed by atoms with Crippen LogP contribution in [0.1, 0.15) is 194 Å². The van der Waals surface area contributed by atoms with Crippen molar-refractivity contribution in [1.82, 2.24) is 0 Å². The van der Waals surface area contributed by atoms with Crippen molar-refractivity contribution in [1.29, 1.82) is 0 Å². The smallest absolute Gasteiger partial charge is 0.550 e. The molecule has 0 heterocycles. The monoisotopic (exact) mass is 779 g/mol. The predicted molar refractivity (Wildman–Crippen MR) is 187 cm³/mol. The molecule has 0 aromatic rings. The maximum absolute atomic E-state index is 11.3. The summed E-state index contributed by atoms with van der Waals surface area (Å²) in [5, 5.41) is 30.4. The first-order chi connectivity index (χ1) is 24.2. The van der Waals surface area contributed by atoms with E-state index < -0.39 is 17.9 Å². The quantitative estimate of drug-likeness (QED) is 0.0519. The second kappa shape index (κ2) is 40.7. The summed E-state index contributed by atoms with van der Waals surface area (Å²) in [5.74, 6) is -3.50. The number of carbonyl (C=O) groups is 9. The van der Waals surface area contributed by atoms with Crippen LogP contribution in [-0.4, -0.2) is 52.6 Å². The first-order valence-corrected chi connectivity index (χ1v) is 18.9. The molecule has 0 atom stereocenters. The number of Topliss-reactive ketones (excluding diaryl/α,β-unsaturated/α-hetero) is 6. The summed E-state index contributed by atoms with van der Waals surface area (Å²) in [6, 6.07) is 0. The van der Waals surface area contributed by atoms with Gasteiger partial charge in [-0.2, -0.15) is 0 Å². The molecule has 0 N–H and O–H groups in total. The average molecular weight is 780 g/mol. The molecule has 0 unspecified atom stereocenters. The van der Waals surface area contributed by atoms with Crippen molar-refractivity contribution >= 4 is 52.6 Å². The van der Waals surface area contributed by atoms with Crippen molar-refractivity contribution in [2.24, 2.45) is 0 Å². The molecule has 0 spiro atoms. The van der Waals surface area contributed by atoms with E-state index in [4.69, 9.17) is 0 Å². The summed E-state index contributed by atoms with van der Waals surface area (Å²) < 4.78 is 0. The van der Waals surface area contributed by atoms with Gasteiger partial charge in [-0.3, -0.25) is 28.8 Å². The maximum Gasteiger partial charge on any atom is 3.00 e. The number of rotatable bonds is 33. The molecule has 0 saturated carbocycles. The molecule has 0 aromatic heterocycles. The standard InChI is InChI=1S/3C13H22O4.Fe/c3*1-2-3-4-7-11(14)10-12(15)8-5-6-9-13(16)17;/h3*2-10H2,1H3,(H,16,17);/q;;;+3/p-3. The molecule has 0 aliphatic carbocycles. The van der Waals surface area contributed by atoms with E-state index in [0.29, 0.717) is 77.0 Å². The van der Waals surface area contributed by atoms with Crippen molar-refractivity contribution in [2.45, 2.75) is 194 Å². The van der Waals surface area contributed by atoms with Gasteiger partial charge in [0, 0.05) is 56.4 Å². The fourth-order valence-corrected chi connectivity index (χ4v) is 4.68. The fraction of sp³-hybridized carbons (Fsp3) is 0.769. The van der Waals surface area contributed by atoms with E-state index in [1.165, 1.54) is 0 Å². The normalized spacial score (nSPS) is 9.98. The molecule has 12 nitrogen and oxygen atoms in total. The number of hydrogen-bond acceptors (Lipinski definition) is 12. The molecular weight excluding hydrogens is 716 g/mol. The number of carbonyl (C=O) groups excluding carboxylic acids is 9. The topological polar surface area (TPSA) is 223 Å². The summed E-state index contributed by atoms with van der Waals surface area (Å²) in [4.78, 5) is 98.4. The maximum atomic E-state index is 11.3. The zero-order valence-electron chi connectivity index (χ0n) is 31.8. The van der Waals surface area contributed by atoms with Gasteiger partial charge in [0.05, 0.1) is 19.3 Å². The molecule has 0 aromatic carbocycles. The van der Waals surface area contributed by atoms with Gasteiger partial charge in [-0.1, -0.05) is 59.3 Å². The van der Waals surface area contributed by atoms with Crippen LogP contribution in [0.25, 0.3) is 0 Å². The Hall–Kier alpha value is -3.05. The Morgan fingerprint density at radius 1 is 0.288 bits per heavy atom. The fourth-order valence-electron chi connectivity index (χ4n) is 4.68. The summed E-state index contributed by atoms with van der Waals surface area (Å²) in [6.45, 7) is 6.19. The van der Waals surface area contributed by atoms with Crippen LogP contribution in [-0.2, 0) is 60.2 Å². The number of ketones is 6. The summed E-state index contributed by atoms with van der Waals surface area (Å²) in [7, 11) is 0. The Balaban J connectivity index is -0.000000329. The van der Waals surface area contributed by atoms with Gasteiger partial charge >= 0.3 is 17.1 Å². The van der Waals surface area contributed by atoms with E-state index in [0.717, 1.165) is 57.8 Å². The van der Waals surface area contributed by atoms with Crippen molar-refractivity contribution in [3.05, 3.63) is 0 Å². The van der Waals surface area contributed by atoms with Gasteiger partial charge in [0.1, 0.15) is 34.7 Å². The molecule has 0 bridgehead atoms. The number of unbranched alkanes of at least 4 members (excludes halogenated alkanes) is 9. The Morgan fingerprint density at radius 3 is 0.596 bits per heavy atom. The van der Waals surface area contributed by atoms with Crippen LogP contribution in [0, 0.1) is 0 Å². The molecule has 0 fully saturated rings. The first-order valence-electron chi connectivity index (χ1n) is 18.9. The minimum atomic E-state index is -1.09. The van der Waals surface area contributed by atoms with Crippen molar-refractivity contribution < 1.29 is 75.5 Å². The Labute approximate surface area is 321 Å². The third-order valence-corrected chi connectivity index (χ3v) is 7.62. The van der Waals surface area contributed by atoms with Gasteiger partial charge in [0.15, 0.2) is 0 Å². The Bertz CT molecular complexity index is 910. The summed E-state index contributed by atoms with van der Waals surface area (Å²) >= 11 is 0. The van der Waals surface area contributed by atoms with Crippen LogP contribution in [0.2, 0.25) is 0 Å². The van der Waals surface area contributed by atoms with Crippen LogP contribution in [0.5, 0.6) is 0 Å². The predicted octanol–water partition coefficient (Wildman–Crippen LogP) is 4.21. The van der Waals surface area contributed by atoms with E-state index in [1.807, 2.05) is 0 Å². The molecule has 0 aliphatic heterocycles. The number of hydrogen-bond donors (Lipinski definition) is 0. The van der Waals surface area contributed by atoms with E-state index in [9.17, 15) is 58.5 Å². The van der Waals surface area contributed by atoms with Crippen LogP contribution >= 0.6 is 0 Å². The zero-order valence-corrected chi connectivity index (χ0v) is 32.9. The third kappa shape index (κ3) is 49.1. The van der Waals surface area contributed by atoms with Crippen molar-refractivity contribution in [3.8, 4) is 0 Å². The molecule has 0 amide bonds. The third-order valence-electron chi connectivity index (χ3n) is 7.62. The van der Waals surface area contributed by atoms with E-state index >= 15 is 0 Å². The van der Waals surface area contributed by atoms with Crippen LogP contribution in [0.3, 0.4) is 0 Å². The summed E-state index contributed by atoms with van der Waals surface area (Å²) in [5.41, 5.74) is 0. The molecule has 299 valence electrons. The number of carboxylic acid groups (broad SMARTS) is 3. The van der Waals surface area contributed by atoms with Crippen molar-refractivity contribution in [2.75, 3.05) is 0 Å². The molecule has 1 radical (unpaired) electrons. The van der Waals surface area contributed by atoms with Crippen LogP contribution in [0.4, 0.5) is 0 Å². The Kier molecular flexibility index (Phi) is 43.6. The number of carboxylic acids is 3. The van der Waals surface area contributed by atoms with Gasteiger partial charge in [-0.05, 0) is 77.0 Å². The van der Waals surface area contributed by atoms with Gasteiger partial charge in [-0.25, -0.2) is 0 Å². The second-order valence-electron chi connectivity index (χ2n) is 12.9. The van der Waals surface area contributed by atoms with Crippen LogP contribution < -0.4 is 15.3 Å². The molecule has 0 saturated heterocycles. The molecule has 0 aliphatic rings. The average Bonchev–Trinajstić information content (AvgIpc) is 3.04. The van der Waals surface area contributed by atoms with Crippen LogP contribution in [0.15, 0.2) is 0 Å². The minimum absolute atomic E-state index is 0. The van der Waals surface area contributed by atoms with Gasteiger partial charge < -0.3 is 29.7 Å². The second-order valence-corrected chi connectivity index (χ2v) is 12.9. The SMILES string of the molecule is CCCCCC(=O)CC(=O)CCCCC(=O)[O-].CCCCCC(=O)CC(=O)CCCCC(=O)[O-].CCCCCC(=O)CC(=O)CCCCC(=O)[O-].[Fe+3]. The molecule has 13 heteroatoms. The van der Waals surface area contributed by atoms with Gasteiger partial charge in [-0.15, -0.1) is 0 Å². The van der Waals surface area contributed by atoms with E-state index in [1.54, 1.807) is 0 Å². The van der Waals surface area contributed by atoms with E-state index in [2.05, 4.69) is 20.8 Å². The van der Waals surface area contributed by atoms with Gasteiger partial charge in [0.2, 0.25) is 0 Å². The summed E-state index contributed by atoms with van der Waals surface area (Å²) in [6.07, 6.45) is 14.0. The molecule has 52 heavy (non-hydrogen) atoms. The van der Waals surface area contributed by atoms with Gasteiger partial charge in [0.25, 0.3) is 0 Å². The first kappa shape index (κ1) is 55.7. The van der Waals surface area contributed by atoms with E-state index in [-0.39, 0.29) is 90.3 Å².